The van der Waals surface area contributed by atoms with Crippen molar-refractivity contribution in [3.8, 4) is 0 Å². The third-order valence-corrected chi connectivity index (χ3v) is 5.73. The first-order chi connectivity index (χ1) is 16.4. The maximum absolute atomic E-state index is 14.8. The van der Waals surface area contributed by atoms with Gasteiger partial charge in [-0.1, -0.05) is 11.6 Å². The predicted octanol–water partition coefficient (Wildman–Crippen LogP) is 4.77. The van der Waals surface area contributed by atoms with Crippen LogP contribution in [0.25, 0.3) is 0 Å². The Labute approximate surface area is 199 Å². The summed E-state index contributed by atoms with van der Waals surface area (Å²) in [6.07, 6.45) is -4.77. The van der Waals surface area contributed by atoms with Crippen LogP contribution >= 0.6 is 11.6 Å². The Bertz CT molecular complexity index is 1140. The van der Waals surface area contributed by atoms with Crippen molar-refractivity contribution >= 4 is 29.0 Å². The van der Waals surface area contributed by atoms with Gasteiger partial charge in [-0.3, -0.25) is 14.2 Å². The molecule has 1 atom stereocenters. The van der Waals surface area contributed by atoms with Crippen molar-refractivity contribution in [1.29, 1.82) is 0 Å². The Morgan fingerprint density at radius 1 is 1.20 bits per heavy atom. The van der Waals surface area contributed by atoms with Gasteiger partial charge in [0.25, 0.3) is 5.91 Å². The van der Waals surface area contributed by atoms with Crippen LogP contribution in [0.1, 0.15) is 28.0 Å². The van der Waals surface area contributed by atoms with Crippen LogP contribution in [0, 0.1) is 5.82 Å². The first-order valence-corrected chi connectivity index (χ1v) is 10.3. The minimum absolute atomic E-state index is 0.0796. The van der Waals surface area contributed by atoms with Crippen LogP contribution in [-0.4, -0.2) is 49.0 Å². The van der Waals surface area contributed by atoms with Gasteiger partial charge in [-0.2, -0.15) is 13.2 Å². The molecule has 3 N–H and O–H groups in total. The van der Waals surface area contributed by atoms with Gasteiger partial charge < -0.3 is 15.8 Å². The summed E-state index contributed by atoms with van der Waals surface area (Å²) in [6, 6.07) is 3.61. The van der Waals surface area contributed by atoms with Crippen molar-refractivity contribution in [1.82, 2.24) is 4.98 Å². The zero-order chi connectivity index (χ0) is 26.0. The van der Waals surface area contributed by atoms with E-state index in [1.807, 2.05) is 0 Å². The van der Waals surface area contributed by atoms with Gasteiger partial charge in [-0.25, -0.2) is 18.2 Å². The Kier molecular flexibility index (Phi) is 7.60. The number of amides is 1. The zero-order valence-corrected chi connectivity index (χ0v) is 18.5. The molecular weight excluding hydrogens is 509 g/mol. The molecule has 190 valence electrons. The lowest BCUT2D eigenvalue weighted by molar-refractivity contribution is -0.137. The van der Waals surface area contributed by atoms with Crippen molar-refractivity contribution in [2.45, 2.75) is 23.7 Å². The molecule has 1 aliphatic heterocycles. The van der Waals surface area contributed by atoms with E-state index in [4.69, 9.17) is 22.1 Å². The number of nitrogens with two attached hydrogens (primary N) is 1. The van der Waals surface area contributed by atoms with Crippen molar-refractivity contribution in [2.24, 2.45) is 10.7 Å². The molecular formula is C21H18ClF7N4O2. The van der Waals surface area contributed by atoms with Crippen LogP contribution in [0.2, 0.25) is 5.02 Å². The Balaban J connectivity index is 1.96. The van der Waals surface area contributed by atoms with Gasteiger partial charge in [-0.05, 0) is 24.3 Å². The first kappa shape index (κ1) is 26.7. The molecule has 2 heterocycles. The molecule has 14 heteroatoms. The van der Waals surface area contributed by atoms with Crippen LogP contribution in [0.5, 0.6) is 0 Å². The molecule has 0 spiro atoms. The number of ether oxygens (including phenoxy) is 1. The fourth-order valence-electron chi connectivity index (χ4n) is 3.41. The summed E-state index contributed by atoms with van der Waals surface area (Å²) >= 11 is 5.77. The molecule has 2 aromatic rings. The Hall–Kier alpha value is -2.93. The van der Waals surface area contributed by atoms with E-state index in [2.05, 4.69) is 15.3 Å². The predicted molar refractivity (Wildman–Crippen MR) is 113 cm³/mol. The van der Waals surface area contributed by atoms with Crippen LogP contribution < -0.4 is 11.1 Å². The average molecular weight is 527 g/mol. The fourth-order valence-corrected chi connectivity index (χ4v) is 3.67. The van der Waals surface area contributed by atoms with Crippen LogP contribution in [0.15, 0.2) is 35.5 Å². The summed E-state index contributed by atoms with van der Waals surface area (Å²) < 4.78 is 98.6. The van der Waals surface area contributed by atoms with Crippen molar-refractivity contribution in [3.63, 3.8) is 0 Å². The van der Waals surface area contributed by atoms with Crippen LogP contribution in [0.3, 0.4) is 0 Å². The topological polar surface area (TPSA) is 89.6 Å². The van der Waals surface area contributed by atoms with E-state index >= 15 is 0 Å². The molecule has 3 rings (SSSR count). The van der Waals surface area contributed by atoms with E-state index in [1.54, 1.807) is 0 Å². The molecule has 0 saturated heterocycles. The van der Waals surface area contributed by atoms with Crippen LogP contribution in [0.4, 0.5) is 36.4 Å². The number of hydrogen-bond acceptors (Lipinski definition) is 5. The molecule has 0 unspecified atom stereocenters. The summed E-state index contributed by atoms with van der Waals surface area (Å²) in [5, 5.41) is 1.72. The van der Waals surface area contributed by atoms with E-state index < -0.39 is 84.2 Å². The number of benzene rings is 1. The smallest absolute Gasteiger partial charge is 0.385 e. The monoisotopic (exact) mass is 526 g/mol. The van der Waals surface area contributed by atoms with Gasteiger partial charge in [0.15, 0.2) is 5.60 Å². The van der Waals surface area contributed by atoms with Gasteiger partial charge in [0.2, 0.25) is 0 Å². The molecule has 0 fully saturated rings. The van der Waals surface area contributed by atoms with Gasteiger partial charge in [-0.15, -0.1) is 0 Å². The quantitative estimate of drug-likeness (QED) is 0.509. The Morgan fingerprint density at radius 2 is 1.89 bits per heavy atom. The number of halogens is 8. The number of alkyl halides is 6. The highest BCUT2D eigenvalue weighted by Gasteiger charge is 2.48. The maximum Gasteiger partial charge on any atom is 0.417 e. The highest BCUT2D eigenvalue weighted by molar-refractivity contribution is 6.34. The molecule has 0 bridgehead atoms. The number of aliphatic imine (C=N–C) groups is 1. The molecule has 0 saturated carbocycles. The average Bonchev–Trinajstić information content (AvgIpc) is 2.80. The highest BCUT2D eigenvalue weighted by Crippen LogP contribution is 2.39. The molecule has 0 radical (unpaired) electrons. The minimum atomic E-state index is -4.73. The lowest BCUT2D eigenvalue weighted by atomic mass is 9.85. The third-order valence-electron chi connectivity index (χ3n) is 5.44. The van der Waals surface area contributed by atoms with E-state index in [0.29, 0.717) is 12.3 Å². The summed E-state index contributed by atoms with van der Waals surface area (Å²) in [7, 11) is 0. The molecule has 1 amide bonds. The van der Waals surface area contributed by atoms with Gasteiger partial charge >= 0.3 is 6.18 Å². The third kappa shape index (κ3) is 5.20. The van der Waals surface area contributed by atoms with E-state index in [1.165, 1.54) is 0 Å². The molecule has 1 aromatic heterocycles. The maximum atomic E-state index is 14.8. The number of amidine groups is 1. The largest absolute Gasteiger partial charge is 0.417 e. The minimum Gasteiger partial charge on any atom is -0.385 e. The number of anilines is 1. The second-order valence-electron chi connectivity index (χ2n) is 7.72. The number of hydrogen-bond donors (Lipinski definition) is 2. The lowest BCUT2D eigenvalue weighted by Gasteiger charge is -2.41. The van der Waals surface area contributed by atoms with E-state index in [9.17, 15) is 35.5 Å². The van der Waals surface area contributed by atoms with E-state index in [0.717, 1.165) is 18.2 Å². The second-order valence-corrected chi connectivity index (χ2v) is 8.13. The van der Waals surface area contributed by atoms with Gasteiger partial charge in [0.1, 0.15) is 36.2 Å². The van der Waals surface area contributed by atoms with Crippen molar-refractivity contribution < 1.29 is 40.3 Å². The summed E-state index contributed by atoms with van der Waals surface area (Å²) in [4.78, 5) is 20.0. The summed E-state index contributed by atoms with van der Waals surface area (Å²) in [6.45, 7) is -4.36. The number of nitrogens with zero attached hydrogens (tertiary/aromatic N) is 2. The van der Waals surface area contributed by atoms with Gasteiger partial charge in [0, 0.05) is 23.9 Å². The van der Waals surface area contributed by atoms with Crippen LogP contribution in [-0.2, 0) is 16.5 Å². The number of nitrogens with one attached hydrogen (secondary N) is 1. The number of rotatable bonds is 7. The summed E-state index contributed by atoms with van der Waals surface area (Å²) in [5.41, 5.74) is -0.349. The molecule has 0 aliphatic carbocycles. The Morgan fingerprint density at radius 3 is 2.43 bits per heavy atom. The lowest BCUT2D eigenvalue weighted by Crippen LogP contribution is -2.57. The number of carbonyl (C=O) groups excluding carboxylic acids is 1. The summed E-state index contributed by atoms with van der Waals surface area (Å²) in [5.74, 6) is -2.55. The molecule has 1 aromatic carbocycles. The number of carbonyl (C=O) groups is 1. The molecule has 1 aliphatic rings. The normalized spacial score (nSPS) is 19.8. The number of pyridine rings is 1. The molecule has 35 heavy (non-hydrogen) atoms. The second kappa shape index (κ2) is 9.97. The molecule has 6 nitrogen and oxygen atoms in total. The van der Waals surface area contributed by atoms with Crippen molar-refractivity contribution in [2.75, 3.05) is 31.9 Å². The van der Waals surface area contributed by atoms with Crippen molar-refractivity contribution in [3.05, 3.63) is 58.1 Å². The van der Waals surface area contributed by atoms with Gasteiger partial charge in [0.05, 0.1) is 23.9 Å². The van der Waals surface area contributed by atoms with E-state index in [-0.39, 0.29) is 11.3 Å². The standard InChI is InChI=1S/C21H18ClF7N4O2/c22-14-5-11(21(27,28)29)7-31-16(14)17(34)32-12-1-2-15(26)13(6-12)19(3-4-23)10-35-20(8-24,9-25)18(30)33-19/h1-2,5-7H,3-4,8-10H2,(H2,30,33)(H,32,34)/t19-/m0/s1. The first-order valence-electron chi connectivity index (χ1n) is 9.93. The number of aromatic nitrogens is 1. The SMILES string of the molecule is NC1=N[C@](CCF)(c2cc(NC(=O)c3ncc(C(F)(F)F)cc3Cl)ccc2F)COC1(CF)CF. The highest BCUT2D eigenvalue weighted by atomic mass is 35.5. The fraction of sp³-hybridized carbons (Fsp3) is 0.381. The zero-order valence-electron chi connectivity index (χ0n) is 17.7.